The fraction of sp³-hybridized carbons (Fsp3) is 0.393. The summed E-state index contributed by atoms with van der Waals surface area (Å²) in [6.45, 7) is 9.99. The number of halogens is 2. The molecule has 2 unspecified atom stereocenters. The van der Waals surface area contributed by atoms with Crippen LogP contribution in [0.1, 0.15) is 58.2 Å². The SMILES string of the molecule is CC(C)N(CC(=O)Nc1cc(C(C)(C)C)nn1-c1ccc(Cl)c(Cl)c1)C(=O)C1CC1c1ccccc1. The summed E-state index contributed by atoms with van der Waals surface area (Å²) in [6, 6.07) is 17.0. The molecular weight excluding hydrogens is 495 g/mol. The van der Waals surface area contributed by atoms with Crippen molar-refractivity contribution in [2.45, 2.75) is 58.4 Å². The molecule has 1 heterocycles. The van der Waals surface area contributed by atoms with Gasteiger partial charge in [-0.1, -0.05) is 74.3 Å². The third-order valence-corrected chi connectivity index (χ3v) is 7.19. The summed E-state index contributed by atoms with van der Waals surface area (Å²) in [5, 5.41) is 8.53. The summed E-state index contributed by atoms with van der Waals surface area (Å²) in [7, 11) is 0. The fourth-order valence-corrected chi connectivity index (χ4v) is 4.54. The second-order valence-corrected chi connectivity index (χ2v) is 11.5. The van der Waals surface area contributed by atoms with E-state index < -0.39 is 0 Å². The highest BCUT2D eigenvalue weighted by Crippen LogP contribution is 2.48. The highest BCUT2D eigenvalue weighted by atomic mass is 35.5. The van der Waals surface area contributed by atoms with Crippen LogP contribution in [0.3, 0.4) is 0 Å². The second-order valence-electron chi connectivity index (χ2n) is 10.6. The van der Waals surface area contributed by atoms with Gasteiger partial charge in [-0.25, -0.2) is 4.68 Å². The highest BCUT2D eigenvalue weighted by Gasteiger charge is 2.46. The van der Waals surface area contributed by atoms with Gasteiger partial charge in [0.2, 0.25) is 11.8 Å². The molecule has 8 heteroatoms. The quantitative estimate of drug-likeness (QED) is 0.384. The van der Waals surface area contributed by atoms with Crippen LogP contribution in [0, 0.1) is 5.92 Å². The van der Waals surface area contributed by atoms with Gasteiger partial charge in [-0.3, -0.25) is 9.59 Å². The van der Waals surface area contributed by atoms with Crippen LogP contribution in [-0.4, -0.2) is 39.1 Å². The lowest BCUT2D eigenvalue weighted by atomic mass is 9.92. The lowest BCUT2D eigenvalue weighted by Gasteiger charge is -2.26. The molecule has 4 rings (SSSR count). The molecule has 1 aromatic heterocycles. The predicted molar refractivity (Wildman–Crippen MR) is 145 cm³/mol. The Bertz CT molecular complexity index is 1260. The molecule has 3 aromatic rings. The van der Waals surface area contributed by atoms with Crippen molar-refractivity contribution in [2.75, 3.05) is 11.9 Å². The van der Waals surface area contributed by atoms with Gasteiger partial charge in [0.15, 0.2) is 0 Å². The van der Waals surface area contributed by atoms with E-state index in [2.05, 4.69) is 38.2 Å². The standard InChI is InChI=1S/C28H32Cl2N4O2/c1-17(2)33(27(36)21-14-20(21)18-9-7-6-8-10-18)16-26(35)31-25-15-24(28(3,4)5)32-34(25)19-11-12-22(29)23(30)13-19/h6-13,15,17,20-21H,14,16H2,1-5H3,(H,31,35). The maximum absolute atomic E-state index is 13.3. The van der Waals surface area contributed by atoms with Crippen molar-refractivity contribution < 1.29 is 9.59 Å². The minimum atomic E-state index is -0.282. The molecule has 2 atom stereocenters. The van der Waals surface area contributed by atoms with Gasteiger partial charge >= 0.3 is 0 Å². The fourth-order valence-electron chi connectivity index (χ4n) is 4.25. The third-order valence-electron chi connectivity index (χ3n) is 6.45. The molecule has 1 aliphatic carbocycles. The van der Waals surface area contributed by atoms with Crippen molar-refractivity contribution in [3.63, 3.8) is 0 Å². The number of carbonyl (C=O) groups excluding carboxylic acids is 2. The molecule has 1 saturated carbocycles. The molecule has 1 aliphatic rings. The van der Waals surface area contributed by atoms with Gasteiger partial charge in [-0.05, 0) is 49.9 Å². The van der Waals surface area contributed by atoms with Crippen molar-refractivity contribution in [1.29, 1.82) is 0 Å². The summed E-state index contributed by atoms with van der Waals surface area (Å²) in [5.41, 5.74) is 2.42. The number of nitrogens with zero attached hydrogens (tertiary/aromatic N) is 3. The number of hydrogen-bond donors (Lipinski definition) is 1. The zero-order chi connectivity index (χ0) is 26.2. The minimum absolute atomic E-state index is 0.0161. The molecule has 190 valence electrons. The van der Waals surface area contributed by atoms with Gasteiger partial charge in [0, 0.05) is 23.4 Å². The van der Waals surface area contributed by atoms with Gasteiger partial charge in [-0.15, -0.1) is 0 Å². The van der Waals surface area contributed by atoms with Crippen LogP contribution in [-0.2, 0) is 15.0 Å². The van der Waals surface area contributed by atoms with Gasteiger partial charge in [0.05, 0.1) is 21.4 Å². The summed E-state index contributed by atoms with van der Waals surface area (Å²) in [4.78, 5) is 28.2. The normalized spacial score (nSPS) is 17.2. The lowest BCUT2D eigenvalue weighted by molar-refractivity contribution is -0.137. The van der Waals surface area contributed by atoms with Crippen LogP contribution in [0.25, 0.3) is 5.69 Å². The summed E-state index contributed by atoms with van der Waals surface area (Å²) in [6.07, 6.45) is 0.812. The van der Waals surface area contributed by atoms with Gasteiger partial charge < -0.3 is 10.2 Å². The van der Waals surface area contributed by atoms with E-state index >= 15 is 0 Å². The van der Waals surface area contributed by atoms with Gasteiger partial charge in [-0.2, -0.15) is 5.10 Å². The summed E-state index contributed by atoms with van der Waals surface area (Å²) < 4.78 is 1.65. The molecule has 2 aromatic carbocycles. The Hall–Kier alpha value is -2.83. The molecule has 0 aliphatic heterocycles. The monoisotopic (exact) mass is 526 g/mol. The van der Waals surface area contributed by atoms with Gasteiger partial charge in [0.25, 0.3) is 0 Å². The first-order chi connectivity index (χ1) is 17.0. The molecule has 6 nitrogen and oxygen atoms in total. The van der Waals surface area contributed by atoms with Crippen molar-refractivity contribution in [3.8, 4) is 5.69 Å². The van der Waals surface area contributed by atoms with E-state index in [1.54, 1.807) is 27.8 Å². The van der Waals surface area contributed by atoms with Crippen molar-refractivity contribution in [2.24, 2.45) is 5.92 Å². The maximum atomic E-state index is 13.3. The van der Waals surface area contributed by atoms with Crippen LogP contribution in [0.15, 0.2) is 54.6 Å². The number of nitrogens with one attached hydrogen (secondary N) is 1. The van der Waals surface area contributed by atoms with E-state index in [9.17, 15) is 9.59 Å². The first kappa shape index (κ1) is 26.2. The number of benzene rings is 2. The van der Waals surface area contributed by atoms with Gasteiger partial charge in [0.1, 0.15) is 12.4 Å². The van der Waals surface area contributed by atoms with E-state index in [4.69, 9.17) is 28.3 Å². The zero-order valence-electron chi connectivity index (χ0n) is 21.3. The third kappa shape index (κ3) is 5.76. The topological polar surface area (TPSA) is 67.2 Å². The molecule has 0 bridgehead atoms. The molecular formula is C28H32Cl2N4O2. The highest BCUT2D eigenvalue weighted by molar-refractivity contribution is 6.42. The zero-order valence-corrected chi connectivity index (χ0v) is 22.8. The maximum Gasteiger partial charge on any atom is 0.245 e. The van der Waals surface area contributed by atoms with E-state index in [1.165, 1.54) is 5.56 Å². The largest absolute Gasteiger partial charge is 0.331 e. The lowest BCUT2D eigenvalue weighted by Crippen LogP contribution is -2.43. The van der Waals surface area contributed by atoms with Crippen LogP contribution in [0.4, 0.5) is 5.82 Å². The Morgan fingerprint density at radius 1 is 1.08 bits per heavy atom. The smallest absolute Gasteiger partial charge is 0.245 e. The Kier molecular flexibility index (Phi) is 7.48. The number of carbonyl (C=O) groups is 2. The van der Waals surface area contributed by atoms with Crippen molar-refractivity contribution in [3.05, 3.63) is 75.9 Å². The van der Waals surface area contributed by atoms with Crippen LogP contribution in [0.2, 0.25) is 10.0 Å². The van der Waals surface area contributed by atoms with E-state index in [0.717, 1.165) is 12.1 Å². The second kappa shape index (κ2) is 10.3. The molecule has 0 radical (unpaired) electrons. The number of aromatic nitrogens is 2. The molecule has 36 heavy (non-hydrogen) atoms. The van der Waals surface area contributed by atoms with Crippen LogP contribution in [0.5, 0.6) is 0 Å². The van der Waals surface area contributed by atoms with Crippen LogP contribution >= 0.6 is 23.2 Å². The Labute approximate surface area is 222 Å². The molecule has 0 saturated heterocycles. The first-order valence-corrected chi connectivity index (χ1v) is 12.9. The average Bonchev–Trinajstić information content (AvgIpc) is 3.51. The number of anilines is 1. The Morgan fingerprint density at radius 3 is 2.39 bits per heavy atom. The summed E-state index contributed by atoms with van der Waals surface area (Å²) in [5.74, 6) is 0.372. The average molecular weight is 527 g/mol. The molecule has 2 amide bonds. The number of amides is 2. The van der Waals surface area contributed by atoms with Crippen molar-refractivity contribution in [1.82, 2.24) is 14.7 Å². The number of hydrogen-bond acceptors (Lipinski definition) is 3. The summed E-state index contributed by atoms with van der Waals surface area (Å²) >= 11 is 12.3. The number of rotatable bonds is 7. The van der Waals surface area contributed by atoms with E-state index in [0.29, 0.717) is 21.6 Å². The Balaban J connectivity index is 1.53. The van der Waals surface area contributed by atoms with Crippen molar-refractivity contribution >= 4 is 40.8 Å². The predicted octanol–water partition coefficient (Wildman–Crippen LogP) is 6.46. The minimum Gasteiger partial charge on any atom is -0.331 e. The molecule has 1 fully saturated rings. The first-order valence-electron chi connectivity index (χ1n) is 12.2. The van der Waals surface area contributed by atoms with Crippen LogP contribution < -0.4 is 5.32 Å². The molecule has 0 spiro atoms. The van der Waals surface area contributed by atoms with E-state index in [-0.39, 0.29) is 41.7 Å². The van der Waals surface area contributed by atoms with E-state index in [1.807, 2.05) is 38.1 Å². The Morgan fingerprint density at radius 2 is 1.78 bits per heavy atom. The molecule has 1 N–H and O–H groups in total.